The van der Waals surface area contributed by atoms with Gasteiger partial charge in [-0.3, -0.25) is 10.1 Å². The molecule has 118 valence electrons. The van der Waals surface area contributed by atoms with Gasteiger partial charge >= 0.3 is 5.97 Å². The van der Waals surface area contributed by atoms with Gasteiger partial charge < -0.3 is 15.8 Å². The third-order valence-electron chi connectivity index (χ3n) is 2.10. The van der Waals surface area contributed by atoms with Crippen LogP contribution in [0.3, 0.4) is 0 Å². The van der Waals surface area contributed by atoms with Crippen molar-refractivity contribution in [2.75, 3.05) is 22.9 Å². The van der Waals surface area contributed by atoms with E-state index in [9.17, 15) is 13.2 Å². The zero-order chi connectivity index (χ0) is 15.3. The van der Waals surface area contributed by atoms with Gasteiger partial charge in [-0.1, -0.05) is 0 Å². The van der Waals surface area contributed by atoms with E-state index in [1.54, 1.807) is 6.92 Å². The van der Waals surface area contributed by atoms with Crippen molar-refractivity contribution in [3.8, 4) is 0 Å². The Balaban J connectivity index is 0.00000400. The van der Waals surface area contributed by atoms with Crippen LogP contribution < -0.4 is 15.8 Å². The molecule has 8 nitrogen and oxygen atoms in total. The van der Waals surface area contributed by atoms with Crippen LogP contribution in [0.15, 0.2) is 18.2 Å². The standard InChI is InChI=1S/C11H16N4O4S.ClH/c1-3-19-10(16)7-4-5-8(15-20(2,17)18)9(6-7)14-11(12)13;/h4-6,15H,3H2,1-2H3,(H4,12,13,14);1H. The zero-order valence-electron chi connectivity index (χ0n) is 11.5. The summed E-state index contributed by atoms with van der Waals surface area (Å²) in [4.78, 5) is 11.6. The summed E-state index contributed by atoms with van der Waals surface area (Å²) in [6.07, 6.45) is 0.990. The number of hydrogen-bond donors (Lipinski definition) is 4. The summed E-state index contributed by atoms with van der Waals surface area (Å²) in [5.41, 5.74) is 5.80. The Labute approximate surface area is 129 Å². The lowest BCUT2D eigenvalue weighted by atomic mass is 10.1. The second kappa shape index (κ2) is 7.70. The first-order valence-electron chi connectivity index (χ1n) is 5.63. The first kappa shape index (κ1) is 19.0. The summed E-state index contributed by atoms with van der Waals surface area (Å²) in [5.74, 6) is -0.937. The van der Waals surface area contributed by atoms with Crippen LogP contribution in [-0.2, 0) is 14.8 Å². The number of nitrogens with two attached hydrogens (primary N) is 1. The molecule has 0 aliphatic carbocycles. The molecule has 0 amide bonds. The first-order chi connectivity index (χ1) is 9.23. The molecule has 21 heavy (non-hydrogen) atoms. The highest BCUT2D eigenvalue weighted by Gasteiger charge is 2.13. The fourth-order valence-corrected chi connectivity index (χ4v) is 2.00. The number of ether oxygens (including phenoxy) is 1. The molecule has 0 bridgehead atoms. The quantitative estimate of drug-likeness (QED) is 0.359. The van der Waals surface area contributed by atoms with Crippen molar-refractivity contribution in [2.45, 2.75) is 6.92 Å². The van der Waals surface area contributed by atoms with E-state index in [0.29, 0.717) is 0 Å². The van der Waals surface area contributed by atoms with Crippen LogP contribution in [0, 0.1) is 5.41 Å². The summed E-state index contributed by atoms with van der Waals surface area (Å²) >= 11 is 0. The largest absolute Gasteiger partial charge is 0.462 e. The minimum absolute atomic E-state index is 0. The number of rotatable bonds is 5. The monoisotopic (exact) mass is 336 g/mol. The molecule has 0 unspecified atom stereocenters. The number of guanidine groups is 1. The predicted octanol–water partition coefficient (Wildman–Crippen LogP) is 0.962. The van der Waals surface area contributed by atoms with Gasteiger partial charge in [0.1, 0.15) is 0 Å². The second-order valence-corrected chi connectivity index (χ2v) is 5.64. The summed E-state index contributed by atoms with van der Waals surface area (Å²) in [7, 11) is -3.50. The molecule has 1 aromatic carbocycles. The molecule has 0 aliphatic heterocycles. The molecule has 0 spiro atoms. The van der Waals surface area contributed by atoms with Crippen molar-refractivity contribution in [2.24, 2.45) is 5.73 Å². The van der Waals surface area contributed by atoms with Crippen molar-refractivity contribution in [1.82, 2.24) is 0 Å². The van der Waals surface area contributed by atoms with Crippen molar-refractivity contribution >= 4 is 45.7 Å². The van der Waals surface area contributed by atoms with Crippen LogP contribution in [0.1, 0.15) is 17.3 Å². The first-order valence-corrected chi connectivity index (χ1v) is 7.52. The predicted molar refractivity (Wildman–Crippen MR) is 83.6 cm³/mol. The second-order valence-electron chi connectivity index (χ2n) is 3.89. The van der Waals surface area contributed by atoms with Gasteiger partial charge in [0.05, 0.1) is 29.8 Å². The van der Waals surface area contributed by atoms with E-state index in [0.717, 1.165) is 6.26 Å². The van der Waals surface area contributed by atoms with E-state index in [1.807, 2.05) is 0 Å². The number of esters is 1. The Kier molecular flexibility index (Phi) is 6.96. The molecule has 0 heterocycles. The minimum Gasteiger partial charge on any atom is -0.462 e. The summed E-state index contributed by atoms with van der Waals surface area (Å²) < 4.78 is 29.6. The molecule has 0 atom stereocenters. The van der Waals surface area contributed by atoms with Gasteiger partial charge in [0, 0.05) is 0 Å². The molecular weight excluding hydrogens is 320 g/mol. The zero-order valence-corrected chi connectivity index (χ0v) is 13.1. The summed E-state index contributed by atoms with van der Waals surface area (Å²) in [6, 6.07) is 4.16. The Morgan fingerprint density at radius 3 is 2.48 bits per heavy atom. The van der Waals surface area contributed by atoms with Gasteiger partial charge in [-0.25, -0.2) is 13.2 Å². The van der Waals surface area contributed by atoms with E-state index >= 15 is 0 Å². The van der Waals surface area contributed by atoms with Gasteiger partial charge in [0.25, 0.3) is 0 Å². The lowest BCUT2D eigenvalue weighted by Gasteiger charge is -2.13. The van der Waals surface area contributed by atoms with Crippen molar-refractivity contribution in [3.63, 3.8) is 0 Å². The van der Waals surface area contributed by atoms with Gasteiger partial charge in [0.2, 0.25) is 10.0 Å². The Morgan fingerprint density at radius 1 is 1.38 bits per heavy atom. The number of benzene rings is 1. The number of hydrogen-bond acceptors (Lipinski definition) is 5. The topological polar surface area (TPSA) is 134 Å². The van der Waals surface area contributed by atoms with Gasteiger partial charge in [-0.2, -0.15) is 0 Å². The van der Waals surface area contributed by atoms with Crippen LogP contribution in [0.5, 0.6) is 0 Å². The van der Waals surface area contributed by atoms with E-state index in [4.69, 9.17) is 15.9 Å². The maximum Gasteiger partial charge on any atom is 0.338 e. The highest BCUT2D eigenvalue weighted by atomic mass is 35.5. The van der Waals surface area contributed by atoms with Crippen molar-refractivity contribution in [1.29, 1.82) is 5.41 Å². The number of carbonyl (C=O) groups excluding carboxylic acids is 1. The highest BCUT2D eigenvalue weighted by molar-refractivity contribution is 7.92. The molecule has 0 fully saturated rings. The normalized spacial score (nSPS) is 10.2. The van der Waals surface area contributed by atoms with Gasteiger partial charge in [-0.05, 0) is 25.1 Å². The van der Waals surface area contributed by atoms with Crippen molar-refractivity contribution < 1.29 is 17.9 Å². The number of nitrogens with one attached hydrogen (secondary N) is 3. The van der Waals surface area contributed by atoms with Gasteiger partial charge in [0.15, 0.2) is 5.96 Å². The molecule has 0 saturated heterocycles. The molecule has 10 heteroatoms. The van der Waals surface area contributed by atoms with E-state index in [1.165, 1.54) is 18.2 Å². The van der Waals surface area contributed by atoms with Crippen molar-refractivity contribution in [3.05, 3.63) is 23.8 Å². The van der Waals surface area contributed by atoms with Crippen LogP contribution in [0.4, 0.5) is 11.4 Å². The molecule has 1 aromatic rings. The van der Waals surface area contributed by atoms with Crippen LogP contribution in [0.25, 0.3) is 0 Å². The van der Waals surface area contributed by atoms with Gasteiger partial charge in [-0.15, -0.1) is 12.4 Å². The highest BCUT2D eigenvalue weighted by Crippen LogP contribution is 2.24. The summed E-state index contributed by atoms with van der Waals surface area (Å²) in [6.45, 7) is 1.89. The molecule has 0 aliphatic rings. The Morgan fingerprint density at radius 2 is 2.00 bits per heavy atom. The van der Waals surface area contributed by atoms with Crippen LogP contribution in [0.2, 0.25) is 0 Å². The minimum atomic E-state index is -3.50. The molecule has 0 aromatic heterocycles. The lowest BCUT2D eigenvalue weighted by molar-refractivity contribution is 0.0526. The number of halogens is 1. The lowest BCUT2D eigenvalue weighted by Crippen LogP contribution is -2.22. The maximum atomic E-state index is 11.6. The van der Waals surface area contributed by atoms with Crippen LogP contribution in [-0.4, -0.2) is 33.2 Å². The third kappa shape index (κ3) is 6.32. The smallest absolute Gasteiger partial charge is 0.338 e. The number of anilines is 2. The Hall–Kier alpha value is -2.00. The molecule has 1 rings (SSSR count). The van der Waals surface area contributed by atoms with E-state index in [2.05, 4.69) is 10.0 Å². The number of sulfonamides is 1. The SMILES string of the molecule is CCOC(=O)c1ccc(NS(C)(=O)=O)c(NC(=N)N)c1.Cl. The van der Waals surface area contributed by atoms with Crippen LogP contribution >= 0.6 is 12.4 Å². The third-order valence-corrected chi connectivity index (χ3v) is 2.69. The average Bonchev–Trinajstić information content (AvgIpc) is 2.29. The molecular formula is C11H17ClN4O4S. The molecule has 0 radical (unpaired) electrons. The maximum absolute atomic E-state index is 11.6. The van der Waals surface area contributed by atoms with E-state index < -0.39 is 16.0 Å². The molecule has 0 saturated carbocycles. The average molecular weight is 337 g/mol. The summed E-state index contributed by atoms with van der Waals surface area (Å²) in [5, 5.41) is 9.65. The van der Waals surface area contributed by atoms with E-state index in [-0.39, 0.29) is 41.9 Å². The number of carbonyl (C=O) groups is 1. The Bertz CT molecular complexity index is 633. The fraction of sp³-hybridized carbons (Fsp3) is 0.273. The fourth-order valence-electron chi connectivity index (χ4n) is 1.42. The molecule has 5 N–H and O–H groups in total.